The summed E-state index contributed by atoms with van der Waals surface area (Å²) in [5.41, 5.74) is 0.603. The average Bonchev–Trinajstić information content (AvgIpc) is 2.68. The topological polar surface area (TPSA) is 64.0 Å². The number of unbranched alkanes of at least 4 members (excludes halogenated alkanes) is 1. The van der Waals surface area contributed by atoms with E-state index in [4.69, 9.17) is 0 Å². The zero-order chi connectivity index (χ0) is 20.1. The lowest BCUT2D eigenvalue weighted by atomic mass is 10.2. The molecule has 146 valence electrons. The van der Waals surface area contributed by atoms with E-state index in [1.807, 2.05) is 19.1 Å². The molecule has 0 aliphatic heterocycles. The number of carbonyl (C=O) groups excluding carboxylic acids is 1. The summed E-state index contributed by atoms with van der Waals surface area (Å²) in [6.45, 7) is 2.59. The van der Waals surface area contributed by atoms with Crippen LogP contribution in [0.15, 0.2) is 56.9 Å². The van der Waals surface area contributed by atoms with Gasteiger partial charge in [-0.2, -0.15) is 0 Å². The third kappa shape index (κ3) is 4.80. The molecule has 0 fully saturated rings. The van der Waals surface area contributed by atoms with Crippen LogP contribution in [0.2, 0.25) is 0 Å². The van der Waals surface area contributed by atoms with Crippen molar-refractivity contribution in [2.75, 3.05) is 11.1 Å². The zero-order valence-corrected chi connectivity index (χ0v) is 17.6. The minimum atomic E-state index is -0.517. The number of anilines is 1. The minimum Gasteiger partial charge on any atom is -0.323 e. The monoisotopic (exact) mass is 463 g/mol. The van der Waals surface area contributed by atoms with E-state index in [0.717, 1.165) is 12.8 Å². The highest BCUT2D eigenvalue weighted by Gasteiger charge is 2.14. The van der Waals surface area contributed by atoms with Crippen LogP contribution < -0.4 is 10.9 Å². The second-order valence-electron chi connectivity index (χ2n) is 6.18. The van der Waals surface area contributed by atoms with Gasteiger partial charge in [-0.3, -0.25) is 14.2 Å². The molecule has 1 N–H and O–H groups in total. The second kappa shape index (κ2) is 9.34. The third-order valence-corrected chi connectivity index (χ3v) is 5.57. The van der Waals surface area contributed by atoms with E-state index in [-0.39, 0.29) is 22.9 Å². The number of hydrogen-bond donors (Lipinski definition) is 1. The van der Waals surface area contributed by atoms with Crippen LogP contribution in [0.5, 0.6) is 0 Å². The second-order valence-corrected chi connectivity index (χ2v) is 8.04. The summed E-state index contributed by atoms with van der Waals surface area (Å²) in [6, 6.07) is 11.6. The maximum atomic E-state index is 13.9. The number of carbonyl (C=O) groups is 1. The Hall–Kier alpha value is -2.19. The summed E-state index contributed by atoms with van der Waals surface area (Å²) < 4.78 is 16.1. The van der Waals surface area contributed by atoms with Gasteiger partial charge in [-0.1, -0.05) is 53.2 Å². The number of rotatable bonds is 7. The van der Waals surface area contributed by atoms with Crippen molar-refractivity contribution in [1.29, 1.82) is 0 Å². The van der Waals surface area contributed by atoms with E-state index in [1.165, 1.54) is 23.9 Å². The summed E-state index contributed by atoms with van der Waals surface area (Å²) in [5.74, 6) is -0.862. The Morgan fingerprint density at radius 2 is 2.07 bits per heavy atom. The molecule has 1 amide bonds. The minimum absolute atomic E-state index is 0.0202. The molecule has 8 heteroatoms. The van der Waals surface area contributed by atoms with Gasteiger partial charge in [0.1, 0.15) is 5.82 Å². The zero-order valence-electron chi connectivity index (χ0n) is 15.2. The van der Waals surface area contributed by atoms with Crippen molar-refractivity contribution in [3.63, 3.8) is 0 Å². The molecule has 3 aromatic rings. The number of para-hydroxylation sites is 1. The number of hydrogen-bond acceptors (Lipinski definition) is 4. The number of aromatic nitrogens is 2. The Kier molecular flexibility index (Phi) is 6.85. The van der Waals surface area contributed by atoms with Crippen molar-refractivity contribution in [2.45, 2.75) is 31.5 Å². The summed E-state index contributed by atoms with van der Waals surface area (Å²) >= 11 is 4.35. The molecule has 0 aliphatic carbocycles. The van der Waals surface area contributed by atoms with E-state index in [1.54, 1.807) is 22.8 Å². The predicted octanol–water partition coefficient (Wildman–Crippen LogP) is 4.83. The molecule has 28 heavy (non-hydrogen) atoms. The van der Waals surface area contributed by atoms with Crippen LogP contribution in [0.4, 0.5) is 10.1 Å². The van der Waals surface area contributed by atoms with E-state index in [0.29, 0.717) is 27.1 Å². The molecule has 5 nitrogen and oxygen atoms in total. The molecular formula is C20H19BrFN3O2S. The highest BCUT2D eigenvalue weighted by Crippen LogP contribution is 2.21. The number of fused-ring (bicyclic) bond motifs is 1. The molecule has 0 atom stereocenters. The van der Waals surface area contributed by atoms with Gasteiger partial charge in [0.25, 0.3) is 5.56 Å². The fourth-order valence-electron chi connectivity index (χ4n) is 2.68. The van der Waals surface area contributed by atoms with Crippen LogP contribution in [0.25, 0.3) is 10.9 Å². The normalized spacial score (nSPS) is 11.0. The molecule has 1 heterocycles. The van der Waals surface area contributed by atoms with E-state index >= 15 is 0 Å². The first-order valence-electron chi connectivity index (χ1n) is 8.87. The van der Waals surface area contributed by atoms with Gasteiger partial charge in [0.15, 0.2) is 5.16 Å². The molecule has 0 unspecified atom stereocenters. The van der Waals surface area contributed by atoms with Crippen molar-refractivity contribution >= 4 is 50.2 Å². The fraction of sp³-hybridized carbons (Fsp3) is 0.250. The maximum Gasteiger partial charge on any atom is 0.262 e. The number of halogens is 2. The molecule has 0 saturated heterocycles. The van der Waals surface area contributed by atoms with Crippen molar-refractivity contribution < 1.29 is 9.18 Å². The highest BCUT2D eigenvalue weighted by atomic mass is 79.9. The molecular weight excluding hydrogens is 445 g/mol. The number of nitrogens with zero attached hydrogens (tertiary/aromatic N) is 2. The van der Waals surface area contributed by atoms with Gasteiger partial charge in [-0.05, 0) is 36.8 Å². The van der Waals surface area contributed by atoms with Gasteiger partial charge in [-0.15, -0.1) is 0 Å². The van der Waals surface area contributed by atoms with Gasteiger partial charge in [0, 0.05) is 11.0 Å². The average molecular weight is 464 g/mol. The van der Waals surface area contributed by atoms with Crippen LogP contribution in [-0.2, 0) is 11.3 Å². The highest BCUT2D eigenvalue weighted by molar-refractivity contribution is 9.10. The lowest BCUT2D eigenvalue weighted by molar-refractivity contribution is -0.113. The predicted molar refractivity (Wildman–Crippen MR) is 114 cm³/mol. The Balaban J connectivity index is 1.80. The summed E-state index contributed by atoms with van der Waals surface area (Å²) in [5, 5.41) is 3.60. The summed E-state index contributed by atoms with van der Waals surface area (Å²) in [4.78, 5) is 29.7. The van der Waals surface area contributed by atoms with Crippen molar-refractivity contribution in [1.82, 2.24) is 9.55 Å². The number of nitrogens with one attached hydrogen (secondary N) is 1. The van der Waals surface area contributed by atoms with Crippen molar-refractivity contribution in [3.05, 3.63) is 63.1 Å². The van der Waals surface area contributed by atoms with Gasteiger partial charge in [-0.25, -0.2) is 9.37 Å². The lowest BCUT2D eigenvalue weighted by Crippen LogP contribution is -2.24. The van der Waals surface area contributed by atoms with Gasteiger partial charge < -0.3 is 5.32 Å². The number of thioether (sulfide) groups is 1. The molecule has 0 radical (unpaired) electrons. The summed E-state index contributed by atoms with van der Waals surface area (Å²) in [6.07, 6.45) is 1.77. The number of benzene rings is 2. The molecule has 0 spiro atoms. The van der Waals surface area contributed by atoms with Gasteiger partial charge in [0.05, 0.1) is 22.3 Å². The Morgan fingerprint density at radius 3 is 2.82 bits per heavy atom. The Labute approximate surface area is 174 Å². The Morgan fingerprint density at radius 1 is 1.29 bits per heavy atom. The maximum absolute atomic E-state index is 13.9. The summed E-state index contributed by atoms with van der Waals surface area (Å²) in [7, 11) is 0. The first-order valence-corrected chi connectivity index (χ1v) is 10.6. The van der Waals surface area contributed by atoms with Crippen molar-refractivity contribution in [2.24, 2.45) is 0 Å². The smallest absolute Gasteiger partial charge is 0.262 e. The van der Waals surface area contributed by atoms with E-state index in [2.05, 4.69) is 26.2 Å². The third-order valence-electron chi connectivity index (χ3n) is 4.10. The van der Waals surface area contributed by atoms with Crippen molar-refractivity contribution in [3.8, 4) is 0 Å². The van der Waals surface area contributed by atoms with Crippen LogP contribution >= 0.6 is 27.7 Å². The first-order chi connectivity index (χ1) is 13.5. The molecule has 1 aromatic heterocycles. The largest absolute Gasteiger partial charge is 0.323 e. The van der Waals surface area contributed by atoms with Crippen LogP contribution in [0, 0.1) is 5.82 Å². The van der Waals surface area contributed by atoms with E-state index in [9.17, 15) is 14.0 Å². The van der Waals surface area contributed by atoms with Crippen LogP contribution in [0.1, 0.15) is 19.8 Å². The standard InChI is InChI=1S/C20H19BrFN3O2S/c1-2-3-10-25-19(27)14-6-4-5-7-16(14)24-20(25)28-12-18(26)23-17-9-8-13(21)11-15(17)22/h4-9,11H,2-3,10,12H2,1H3,(H,23,26). The molecule has 2 aromatic carbocycles. The molecule has 3 rings (SSSR count). The number of amides is 1. The fourth-order valence-corrected chi connectivity index (χ4v) is 3.84. The SMILES string of the molecule is CCCCn1c(SCC(=O)Nc2ccc(Br)cc2F)nc2ccccc2c1=O. The quantitative estimate of drug-likeness (QED) is 0.402. The van der Waals surface area contributed by atoms with Gasteiger partial charge in [0.2, 0.25) is 5.91 Å². The molecule has 0 saturated carbocycles. The molecule has 0 aliphatic rings. The van der Waals surface area contributed by atoms with Crippen LogP contribution in [0.3, 0.4) is 0 Å². The lowest BCUT2D eigenvalue weighted by Gasteiger charge is -2.13. The van der Waals surface area contributed by atoms with Gasteiger partial charge >= 0.3 is 0 Å². The van der Waals surface area contributed by atoms with E-state index < -0.39 is 5.82 Å². The van der Waals surface area contributed by atoms with Crippen LogP contribution in [-0.4, -0.2) is 21.2 Å². The first kappa shape index (κ1) is 20.5. The Bertz CT molecular complexity index is 1070. The molecule has 0 bridgehead atoms.